The maximum atomic E-state index is 14.7. The first-order valence-corrected chi connectivity index (χ1v) is 8.95. The Morgan fingerprint density at radius 3 is 2.71 bits per heavy atom. The number of aryl methyl sites for hydroxylation is 1. The predicted octanol–water partition coefficient (Wildman–Crippen LogP) is 2.97. The fourth-order valence-corrected chi connectivity index (χ4v) is 3.35. The number of ether oxygens (including phenoxy) is 1. The van der Waals surface area contributed by atoms with Gasteiger partial charge in [0.25, 0.3) is 5.92 Å². The second-order valence-corrected chi connectivity index (χ2v) is 6.83. The van der Waals surface area contributed by atoms with Gasteiger partial charge in [-0.1, -0.05) is 6.07 Å². The van der Waals surface area contributed by atoms with Crippen LogP contribution in [0, 0.1) is 12.7 Å². The number of benzene rings is 1. The number of aromatic nitrogens is 2. The van der Waals surface area contributed by atoms with Crippen LogP contribution in [0.25, 0.3) is 0 Å². The Balaban J connectivity index is 1.93. The van der Waals surface area contributed by atoms with E-state index in [-0.39, 0.29) is 36.4 Å². The molecule has 6 nitrogen and oxygen atoms in total. The average molecular weight is 397 g/mol. The second-order valence-electron chi connectivity index (χ2n) is 6.83. The molecule has 1 aromatic carbocycles. The molecule has 9 heteroatoms. The lowest BCUT2D eigenvalue weighted by Gasteiger charge is -2.20. The molecular weight excluding hydrogens is 375 g/mol. The van der Waals surface area contributed by atoms with Crippen LogP contribution in [0.2, 0.25) is 0 Å². The summed E-state index contributed by atoms with van der Waals surface area (Å²) < 4.78 is 47.9. The highest BCUT2D eigenvalue weighted by Gasteiger charge is 2.38. The van der Waals surface area contributed by atoms with E-state index in [0.717, 1.165) is 6.07 Å². The molecule has 0 spiro atoms. The van der Waals surface area contributed by atoms with Gasteiger partial charge in [0.1, 0.15) is 11.9 Å². The predicted molar refractivity (Wildman–Crippen MR) is 96.1 cm³/mol. The molecule has 1 atom stereocenters. The smallest absolute Gasteiger partial charge is 0.359 e. The third-order valence-corrected chi connectivity index (χ3v) is 4.94. The molecule has 2 heterocycles. The highest BCUT2D eigenvalue weighted by molar-refractivity contribution is 5.89. The van der Waals surface area contributed by atoms with Gasteiger partial charge < -0.3 is 14.7 Å². The molecule has 28 heavy (non-hydrogen) atoms. The molecule has 1 aromatic heterocycles. The number of nitrogens with zero attached hydrogens (tertiary/aromatic N) is 3. The first-order valence-electron chi connectivity index (χ1n) is 8.95. The van der Waals surface area contributed by atoms with Crippen molar-refractivity contribution in [3.8, 4) is 0 Å². The van der Waals surface area contributed by atoms with Crippen LogP contribution in [0.1, 0.15) is 46.8 Å². The van der Waals surface area contributed by atoms with E-state index in [2.05, 4.69) is 5.10 Å². The van der Waals surface area contributed by atoms with Crippen LogP contribution in [0.4, 0.5) is 18.9 Å². The lowest BCUT2D eigenvalue weighted by atomic mass is 9.98. The van der Waals surface area contributed by atoms with E-state index in [4.69, 9.17) is 4.74 Å². The van der Waals surface area contributed by atoms with Gasteiger partial charge in [0.2, 0.25) is 0 Å². The number of alkyl halides is 2. The van der Waals surface area contributed by atoms with E-state index in [0.29, 0.717) is 11.4 Å². The van der Waals surface area contributed by atoms with Crippen molar-refractivity contribution in [2.45, 2.75) is 32.3 Å². The Hall–Kier alpha value is -2.55. The van der Waals surface area contributed by atoms with E-state index in [1.54, 1.807) is 20.9 Å². The van der Waals surface area contributed by atoms with Crippen LogP contribution in [-0.4, -0.2) is 46.5 Å². The monoisotopic (exact) mass is 397 g/mol. The Morgan fingerprint density at radius 1 is 1.43 bits per heavy atom. The Morgan fingerprint density at radius 2 is 2.14 bits per heavy atom. The van der Waals surface area contributed by atoms with Gasteiger partial charge in [0.15, 0.2) is 5.69 Å². The molecule has 1 saturated heterocycles. The van der Waals surface area contributed by atoms with Gasteiger partial charge >= 0.3 is 5.97 Å². The SMILES string of the molecule is CCOC(=O)c1nn(C)c(C)c1C(O)c1ccc(N2CCC(F)(F)C2)cc1F. The topological polar surface area (TPSA) is 67.6 Å². The minimum atomic E-state index is -2.80. The minimum Gasteiger partial charge on any atom is -0.461 e. The Bertz CT molecular complexity index is 898. The molecule has 1 N–H and O–H groups in total. The summed E-state index contributed by atoms with van der Waals surface area (Å²) in [7, 11) is 1.60. The molecule has 1 aliphatic heterocycles. The summed E-state index contributed by atoms with van der Waals surface area (Å²) >= 11 is 0. The van der Waals surface area contributed by atoms with Gasteiger partial charge in [-0.25, -0.2) is 18.0 Å². The Labute approximate surface area is 160 Å². The van der Waals surface area contributed by atoms with E-state index in [1.807, 2.05) is 0 Å². The fraction of sp³-hybridized carbons (Fsp3) is 0.474. The van der Waals surface area contributed by atoms with Gasteiger partial charge in [0, 0.05) is 42.5 Å². The van der Waals surface area contributed by atoms with Crippen molar-refractivity contribution in [3.63, 3.8) is 0 Å². The molecule has 2 aromatic rings. The highest BCUT2D eigenvalue weighted by Crippen LogP contribution is 2.34. The first kappa shape index (κ1) is 20.2. The zero-order chi connectivity index (χ0) is 20.6. The number of hydrogen-bond donors (Lipinski definition) is 1. The van der Waals surface area contributed by atoms with Crippen molar-refractivity contribution < 1.29 is 27.8 Å². The van der Waals surface area contributed by atoms with Crippen LogP contribution in [0.15, 0.2) is 18.2 Å². The summed E-state index contributed by atoms with van der Waals surface area (Å²) in [6.45, 7) is 3.08. The van der Waals surface area contributed by atoms with E-state index < -0.39 is 30.4 Å². The molecule has 0 amide bonds. The maximum Gasteiger partial charge on any atom is 0.359 e. The van der Waals surface area contributed by atoms with Crippen molar-refractivity contribution in [2.75, 3.05) is 24.6 Å². The van der Waals surface area contributed by atoms with Gasteiger partial charge in [-0.05, 0) is 26.0 Å². The fourth-order valence-electron chi connectivity index (χ4n) is 3.35. The number of carbonyl (C=O) groups is 1. The van der Waals surface area contributed by atoms with Gasteiger partial charge in [-0.15, -0.1) is 0 Å². The van der Waals surface area contributed by atoms with Crippen molar-refractivity contribution in [2.24, 2.45) is 7.05 Å². The lowest BCUT2D eigenvalue weighted by molar-refractivity contribution is 0.0257. The number of aliphatic hydroxyl groups is 1. The first-order chi connectivity index (χ1) is 13.1. The zero-order valence-electron chi connectivity index (χ0n) is 15.9. The summed E-state index contributed by atoms with van der Waals surface area (Å²) in [5, 5.41) is 14.8. The molecule has 1 aliphatic rings. The van der Waals surface area contributed by atoms with Crippen LogP contribution in [0.5, 0.6) is 0 Å². The zero-order valence-corrected chi connectivity index (χ0v) is 15.9. The van der Waals surface area contributed by atoms with Crippen LogP contribution >= 0.6 is 0 Å². The van der Waals surface area contributed by atoms with Gasteiger partial charge in [-0.3, -0.25) is 4.68 Å². The molecule has 0 aliphatic carbocycles. The van der Waals surface area contributed by atoms with Gasteiger partial charge in [-0.2, -0.15) is 5.10 Å². The molecule has 0 saturated carbocycles. The molecule has 1 fully saturated rings. The molecule has 3 rings (SSSR count). The summed E-state index contributed by atoms with van der Waals surface area (Å²) in [6.07, 6.45) is -1.74. The van der Waals surface area contributed by atoms with Crippen LogP contribution in [0.3, 0.4) is 0 Å². The standard InChI is InChI=1S/C19H22F3N3O3/c1-4-28-18(27)16-15(11(2)24(3)23-16)17(26)13-6-5-12(9-14(13)20)25-8-7-19(21,22)10-25/h5-6,9,17,26H,4,7-8,10H2,1-3H3. The third kappa shape index (κ3) is 3.71. The molecule has 152 valence electrons. The number of esters is 1. The molecular formula is C19H22F3N3O3. The summed E-state index contributed by atoms with van der Waals surface area (Å²) in [5.41, 5.74) is 0.797. The van der Waals surface area contributed by atoms with Crippen molar-refractivity contribution in [3.05, 3.63) is 46.5 Å². The average Bonchev–Trinajstić information content (AvgIpc) is 3.14. The minimum absolute atomic E-state index is 0.0728. The van der Waals surface area contributed by atoms with Crippen molar-refractivity contribution in [1.82, 2.24) is 9.78 Å². The third-order valence-electron chi connectivity index (χ3n) is 4.94. The van der Waals surface area contributed by atoms with Crippen molar-refractivity contribution in [1.29, 1.82) is 0 Å². The van der Waals surface area contributed by atoms with Crippen molar-refractivity contribution >= 4 is 11.7 Å². The molecule has 0 radical (unpaired) electrons. The van der Waals surface area contributed by atoms with E-state index >= 15 is 0 Å². The lowest BCUT2D eigenvalue weighted by Crippen LogP contribution is -2.25. The number of anilines is 1. The number of hydrogen-bond acceptors (Lipinski definition) is 5. The second kappa shape index (κ2) is 7.46. The normalized spacial score (nSPS) is 17.0. The molecule has 1 unspecified atom stereocenters. The van der Waals surface area contributed by atoms with E-state index in [9.17, 15) is 23.1 Å². The van der Waals surface area contributed by atoms with Gasteiger partial charge in [0.05, 0.1) is 13.2 Å². The summed E-state index contributed by atoms with van der Waals surface area (Å²) in [6, 6.07) is 3.95. The number of carbonyl (C=O) groups excluding carboxylic acids is 1. The number of aliphatic hydroxyl groups excluding tert-OH is 1. The summed E-state index contributed by atoms with van der Waals surface area (Å²) in [4.78, 5) is 13.6. The van der Waals surface area contributed by atoms with Crippen LogP contribution < -0.4 is 4.90 Å². The summed E-state index contributed by atoms with van der Waals surface area (Å²) in [5.74, 6) is -4.26. The molecule has 0 bridgehead atoms. The number of rotatable bonds is 5. The largest absolute Gasteiger partial charge is 0.461 e. The highest BCUT2D eigenvalue weighted by atomic mass is 19.3. The van der Waals surface area contributed by atoms with E-state index in [1.165, 1.54) is 21.7 Å². The maximum absolute atomic E-state index is 14.7. The quantitative estimate of drug-likeness (QED) is 0.786. The number of halogens is 3. The Kier molecular flexibility index (Phi) is 5.38. The van der Waals surface area contributed by atoms with Crippen LogP contribution in [-0.2, 0) is 11.8 Å².